The molecule has 0 aliphatic carbocycles. The number of amides is 3. The second-order valence-electron chi connectivity index (χ2n) is 14.0. The summed E-state index contributed by atoms with van der Waals surface area (Å²) in [5, 5.41) is 23.0. The number of carbonyl (C=O) groups is 3. The largest absolute Gasteiger partial charge is 0.379 e. The van der Waals surface area contributed by atoms with Gasteiger partial charge in [-0.05, 0) is 56.7 Å². The molecule has 5 heterocycles. The number of hydrogen-bond donors (Lipinski definition) is 6. The van der Waals surface area contributed by atoms with Crippen LogP contribution in [0.15, 0.2) is 65.8 Å². The first kappa shape index (κ1) is 41.3. The first-order valence-corrected chi connectivity index (χ1v) is 20.5. The van der Waals surface area contributed by atoms with Crippen molar-refractivity contribution < 1.29 is 23.9 Å². The maximum Gasteiger partial charge on any atom is 0.248 e. The third-order valence-corrected chi connectivity index (χ3v) is 11.3. The number of benzene rings is 2. The fraction of sp³-hybridized carbons (Fsp3) is 0.341. The second kappa shape index (κ2) is 18.8. The van der Waals surface area contributed by atoms with E-state index in [1.807, 2.05) is 60.2 Å². The number of imidazole rings is 1. The number of carbonyl (C=O) groups excluding carboxylic acids is 3. The summed E-state index contributed by atoms with van der Waals surface area (Å²) in [5.41, 5.74) is 6.88. The number of H-pyrrole nitrogens is 2. The van der Waals surface area contributed by atoms with E-state index in [4.69, 9.17) is 26.1 Å². The van der Waals surface area contributed by atoms with Crippen LogP contribution in [0.2, 0.25) is 5.02 Å². The van der Waals surface area contributed by atoms with Crippen molar-refractivity contribution in [1.29, 1.82) is 0 Å². The Balaban J connectivity index is 0.755. The van der Waals surface area contributed by atoms with Crippen molar-refractivity contribution in [2.24, 2.45) is 4.99 Å². The van der Waals surface area contributed by atoms with Crippen molar-refractivity contribution in [1.82, 2.24) is 45.7 Å². The van der Waals surface area contributed by atoms with Crippen LogP contribution in [0.3, 0.4) is 0 Å². The van der Waals surface area contributed by atoms with Crippen LogP contribution in [-0.2, 0) is 23.9 Å². The van der Waals surface area contributed by atoms with E-state index in [1.165, 1.54) is 4.88 Å². The third-order valence-electron chi connectivity index (χ3n) is 9.86. The summed E-state index contributed by atoms with van der Waals surface area (Å²) in [4.78, 5) is 55.1. The van der Waals surface area contributed by atoms with Crippen molar-refractivity contribution in [3.05, 3.63) is 99.1 Å². The monoisotopic (exact) mass is 839 g/mol. The number of nitrogens with one attached hydrogen (secondary N) is 6. The number of halogens is 1. The van der Waals surface area contributed by atoms with Gasteiger partial charge in [0.2, 0.25) is 23.7 Å². The van der Waals surface area contributed by atoms with Gasteiger partial charge < -0.3 is 40.7 Å². The number of aryl methyl sites for hydroxylation is 2. The summed E-state index contributed by atoms with van der Waals surface area (Å²) in [7, 11) is 0. The van der Waals surface area contributed by atoms with Crippen LogP contribution in [0.1, 0.15) is 52.1 Å². The Morgan fingerprint density at radius 1 is 0.915 bits per heavy atom. The maximum atomic E-state index is 13.2. The van der Waals surface area contributed by atoms with Gasteiger partial charge in [0.15, 0.2) is 5.82 Å². The summed E-state index contributed by atoms with van der Waals surface area (Å²) in [6.07, 6.45) is 2.11. The van der Waals surface area contributed by atoms with E-state index in [0.29, 0.717) is 42.1 Å². The topological polar surface area (TPSA) is 205 Å². The lowest BCUT2D eigenvalue weighted by molar-refractivity contribution is -0.122. The molecule has 6 N–H and O–H groups in total. The molecule has 0 fully saturated rings. The van der Waals surface area contributed by atoms with Gasteiger partial charge in [-0.1, -0.05) is 30.3 Å². The minimum absolute atomic E-state index is 0.0784. The van der Waals surface area contributed by atoms with Gasteiger partial charge in [-0.3, -0.25) is 23.9 Å². The highest BCUT2D eigenvalue weighted by Crippen LogP contribution is 2.39. The highest BCUT2D eigenvalue weighted by atomic mass is 35.5. The standard InChI is InChI=1S/C41H46ClN11O5S/c1-23(22-47-41-49-31-10-9-30-29(11-13-43-30)37(31)50-41)39(56)46-15-14-44-33(54)12-17-57-19-20-58-18-16-45-34(55)21-32-38-52-51-26(4)53(38)40-35(24(2)25(3)59-40)36(48-32)27-5-7-28(42)8-6-27/h5-11,13,32,43H,1,12,14-22H2,2-4H3,(H,44,54)(H,45,55)(H,46,56)(H2,47,49,50)/t32-/m1/s1. The highest BCUT2D eigenvalue weighted by molar-refractivity contribution is 7.15. The molecule has 1 aliphatic heterocycles. The first-order chi connectivity index (χ1) is 28.6. The lowest BCUT2D eigenvalue weighted by Gasteiger charge is -2.13. The van der Waals surface area contributed by atoms with Crippen molar-refractivity contribution in [3.8, 4) is 5.00 Å². The SMILES string of the molecule is C=C(CNc1nc2ccc3[nH]ccc3c2[nH]1)C(=O)NCCNC(=O)CCOCCOCCNC(=O)C[C@H]1N=C(c2ccc(Cl)cc2)c2c(sc(C)c2C)-n2c(C)nnc21. The van der Waals surface area contributed by atoms with E-state index in [2.05, 4.69) is 66.8 Å². The van der Waals surface area contributed by atoms with Gasteiger partial charge in [0, 0.05) is 76.3 Å². The number of thiophene rings is 1. The second-order valence-corrected chi connectivity index (χ2v) is 15.6. The number of anilines is 1. The Kier molecular flexibility index (Phi) is 13.2. The van der Waals surface area contributed by atoms with E-state index in [9.17, 15) is 14.4 Å². The number of aromatic amines is 2. The molecular formula is C41H46ClN11O5S. The summed E-state index contributed by atoms with van der Waals surface area (Å²) < 4.78 is 13.2. The van der Waals surface area contributed by atoms with Crippen LogP contribution >= 0.6 is 22.9 Å². The summed E-state index contributed by atoms with van der Waals surface area (Å²) in [5.74, 6) is 1.18. The molecule has 0 radical (unpaired) electrons. The number of ether oxygens (including phenoxy) is 2. The van der Waals surface area contributed by atoms with E-state index in [1.54, 1.807) is 11.3 Å². The van der Waals surface area contributed by atoms with Crippen molar-refractivity contribution >= 4 is 74.3 Å². The number of aromatic nitrogens is 6. The van der Waals surface area contributed by atoms with Gasteiger partial charge in [0.1, 0.15) is 16.9 Å². The fourth-order valence-corrected chi connectivity index (χ4v) is 8.03. The molecule has 7 rings (SSSR count). The molecule has 4 aromatic heterocycles. The molecule has 2 aromatic carbocycles. The average molecular weight is 840 g/mol. The molecule has 1 atom stereocenters. The minimum Gasteiger partial charge on any atom is -0.379 e. The molecule has 0 saturated heterocycles. The number of aliphatic imine (C=N–C) groups is 1. The maximum absolute atomic E-state index is 13.2. The summed E-state index contributed by atoms with van der Waals surface area (Å²) in [6, 6.07) is 12.9. The number of hydrogen-bond acceptors (Lipinski definition) is 11. The predicted molar refractivity (Wildman–Crippen MR) is 229 cm³/mol. The van der Waals surface area contributed by atoms with Gasteiger partial charge in [0.05, 0.1) is 49.6 Å². The zero-order chi connectivity index (χ0) is 41.5. The molecule has 0 spiro atoms. The molecule has 308 valence electrons. The predicted octanol–water partition coefficient (Wildman–Crippen LogP) is 4.99. The van der Waals surface area contributed by atoms with Gasteiger partial charge >= 0.3 is 0 Å². The van der Waals surface area contributed by atoms with Crippen molar-refractivity contribution in [2.75, 3.05) is 57.9 Å². The minimum atomic E-state index is -0.564. The van der Waals surface area contributed by atoms with Crippen molar-refractivity contribution in [3.63, 3.8) is 0 Å². The Labute approximate surface area is 349 Å². The molecule has 3 amide bonds. The van der Waals surface area contributed by atoms with Gasteiger partial charge in [-0.15, -0.1) is 21.5 Å². The molecule has 59 heavy (non-hydrogen) atoms. The molecule has 6 aromatic rings. The van der Waals surface area contributed by atoms with E-state index < -0.39 is 6.04 Å². The Hall–Kier alpha value is -5.88. The summed E-state index contributed by atoms with van der Waals surface area (Å²) in [6.45, 7) is 12.1. The molecule has 18 heteroatoms. The molecule has 0 unspecified atom stereocenters. The molecule has 0 bridgehead atoms. The average Bonchev–Trinajstić information content (AvgIpc) is 4.01. The zero-order valence-corrected chi connectivity index (χ0v) is 34.6. The van der Waals surface area contributed by atoms with Gasteiger partial charge in [-0.25, -0.2) is 4.98 Å². The lowest BCUT2D eigenvalue weighted by Crippen LogP contribution is -2.36. The zero-order valence-electron chi connectivity index (χ0n) is 33.0. The normalized spacial score (nSPS) is 13.4. The number of fused-ring (bicyclic) bond motifs is 6. The summed E-state index contributed by atoms with van der Waals surface area (Å²) >= 11 is 7.87. The quantitative estimate of drug-likeness (QED) is 0.0480. The number of nitrogens with zero attached hydrogens (tertiary/aromatic N) is 5. The van der Waals surface area contributed by atoms with Crippen molar-refractivity contribution in [2.45, 2.75) is 39.7 Å². The van der Waals surface area contributed by atoms with Gasteiger partial charge in [-0.2, -0.15) is 0 Å². The van der Waals surface area contributed by atoms with Crippen LogP contribution in [0.5, 0.6) is 0 Å². The molecule has 16 nitrogen and oxygen atoms in total. The van der Waals surface area contributed by atoms with E-state index >= 15 is 0 Å². The Morgan fingerprint density at radius 2 is 1.68 bits per heavy atom. The number of rotatable bonds is 19. The van der Waals surface area contributed by atoms with Gasteiger partial charge in [0.25, 0.3) is 0 Å². The third kappa shape index (κ3) is 9.71. The molecular weight excluding hydrogens is 794 g/mol. The van der Waals surface area contributed by atoms with Crippen LogP contribution < -0.4 is 21.3 Å². The molecule has 1 aliphatic rings. The Bertz CT molecular complexity index is 2520. The molecule has 0 saturated carbocycles. The van der Waals surface area contributed by atoms with Crippen LogP contribution in [0.25, 0.3) is 26.9 Å². The smallest absolute Gasteiger partial charge is 0.248 e. The fourth-order valence-electron chi connectivity index (χ4n) is 6.69. The highest BCUT2D eigenvalue weighted by Gasteiger charge is 2.32. The van der Waals surface area contributed by atoms with Crippen LogP contribution in [0, 0.1) is 20.8 Å². The van der Waals surface area contributed by atoms with E-state index in [-0.39, 0.29) is 63.4 Å². The van der Waals surface area contributed by atoms with Crippen LogP contribution in [0.4, 0.5) is 5.95 Å². The van der Waals surface area contributed by atoms with E-state index in [0.717, 1.165) is 55.2 Å². The van der Waals surface area contributed by atoms with Crippen LogP contribution in [-0.4, -0.2) is 106 Å². The Morgan fingerprint density at radius 3 is 2.49 bits per heavy atom. The lowest BCUT2D eigenvalue weighted by atomic mass is 9.99. The first-order valence-electron chi connectivity index (χ1n) is 19.3.